The molecule has 0 saturated carbocycles. The van der Waals surface area contributed by atoms with Crippen LogP contribution >= 0.6 is 0 Å². The van der Waals surface area contributed by atoms with Crippen molar-refractivity contribution in [2.75, 3.05) is 34.8 Å². The van der Waals surface area contributed by atoms with Crippen LogP contribution in [0.1, 0.15) is 31.2 Å². The van der Waals surface area contributed by atoms with Gasteiger partial charge in [0, 0.05) is 42.9 Å². The first kappa shape index (κ1) is 19.1. The summed E-state index contributed by atoms with van der Waals surface area (Å²) in [5.74, 6) is -0.253. The quantitative estimate of drug-likeness (QED) is 0.622. The van der Waals surface area contributed by atoms with Gasteiger partial charge in [-0.2, -0.15) is 5.26 Å². The molecule has 5 heteroatoms. The maximum absolute atomic E-state index is 13.0. The highest BCUT2D eigenvalue weighted by molar-refractivity contribution is 6.09. The number of rotatable bonds is 4. The number of aryl methyl sites for hydroxylation is 1. The summed E-state index contributed by atoms with van der Waals surface area (Å²) < 4.78 is 0. The summed E-state index contributed by atoms with van der Waals surface area (Å²) in [6.07, 6.45) is 7.20. The van der Waals surface area contributed by atoms with E-state index in [1.54, 1.807) is 4.90 Å². The third-order valence-corrected chi connectivity index (χ3v) is 5.68. The van der Waals surface area contributed by atoms with Crippen LogP contribution in [0.4, 0.5) is 17.1 Å². The highest BCUT2D eigenvalue weighted by Gasteiger charge is 2.24. The summed E-state index contributed by atoms with van der Waals surface area (Å²) in [5.41, 5.74) is 4.27. The van der Waals surface area contributed by atoms with Crippen molar-refractivity contribution in [1.82, 2.24) is 0 Å². The van der Waals surface area contributed by atoms with E-state index in [1.165, 1.54) is 31.1 Å². The second-order valence-corrected chi connectivity index (χ2v) is 7.60. The van der Waals surface area contributed by atoms with Gasteiger partial charge in [-0.05, 0) is 68.0 Å². The van der Waals surface area contributed by atoms with E-state index in [0.29, 0.717) is 6.54 Å². The number of nitrogens with zero attached hydrogens (tertiary/aromatic N) is 3. The third kappa shape index (κ3) is 4.27. The Balaban J connectivity index is 1.46. The van der Waals surface area contributed by atoms with Crippen LogP contribution in [-0.4, -0.2) is 25.5 Å². The fourth-order valence-electron chi connectivity index (χ4n) is 4.11. The van der Waals surface area contributed by atoms with Crippen LogP contribution in [0.2, 0.25) is 0 Å². The Morgan fingerprint density at radius 3 is 2.48 bits per heavy atom. The van der Waals surface area contributed by atoms with Crippen LogP contribution in [0.3, 0.4) is 0 Å². The van der Waals surface area contributed by atoms with Crippen LogP contribution in [0.5, 0.6) is 0 Å². The summed E-state index contributed by atoms with van der Waals surface area (Å²) in [5, 5.41) is 12.7. The van der Waals surface area contributed by atoms with Crippen molar-refractivity contribution in [1.29, 1.82) is 5.26 Å². The third-order valence-electron chi connectivity index (χ3n) is 5.68. The minimum atomic E-state index is -0.253. The van der Waals surface area contributed by atoms with Crippen molar-refractivity contribution >= 4 is 23.0 Å². The highest BCUT2D eigenvalue weighted by Crippen LogP contribution is 2.28. The van der Waals surface area contributed by atoms with Gasteiger partial charge in [-0.1, -0.05) is 18.2 Å². The van der Waals surface area contributed by atoms with Gasteiger partial charge in [0.2, 0.25) is 0 Å². The lowest BCUT2D eigenvalue weighted by molar-refractivity contribution is -0.114. The summed E-state index contributed by atoms with van der Waals surface area (Å²) in [7, 11) is 0. The first-order chi connectivity index (χ1) is 14.3. The van der Waals surface area contributed by atoms with Crippen molar-refractivity contribution in [3.63, 3.8) is 0 Å². The van der Waals surface area contributed by atoms with Gasteiger partial charge in [-0.25, -0.2) is 0 Å². The van der Waals surface area contributed by atoms with Crippen LogP contribution in [0.25, 0.3) is 0 Å². The van der Waals surface area contributed by atoms with Crippen LogP contribution in [0.15, 0.2) is 60.3 Å². The number of anilines is 3. The molecule has 0 radical (unpaired) electrons. The molecule has 2 aromatic carbocycles. The van der Waals surface area contributed by atoms with Crippen molar-refractivity contribution in [2.24, 2.45) is 0 Å². The molecule has 1 N–H and O–H groups in total. The number of fused-ring (bicyclic) bond motifs is 1. The van der Waals surface area contributed by atoms with Crippen molar-refractivity contribution < 1.29 is 4.79 Å². The molecule has 1 amide bonds. The van der Waals surface area contributed by atoms with Gasteiger partial charge >= 0.3 is 0 Å². The fraction of sp³-hybridized carbons (Fsp3) is 0.333. The number of amides is 1. The summed E-state index contributed by atoms with van der Waals surface area (Å²) in [6, 6.07) is 18.2. The lowest BCUT2D eigenvalue weighted by Gasteiger charge is -2.29. The number of piperidine rings is 1. The van der Waals surface area contributed by atoms with E-state index in [2.05, 4.69) is 28.4 Å². The molecule has 2 aromatic rings. The second-order valence-electron chi connectivity index (χ2n) is 7.60. The smallest absolute Gasteiger partial charge is 0.270 e. The molecular formula is C24H26N4O. The van der Waals surface area contributed by atoms with E-state index in [1.807, 2.05) is 36.4 Å². The number of hydrogen-bond acceptors (Lipinski definition) is 4. The number of para-hydroxylation sites is 1. The van der Waals surface area contributed by atoms with E-state index in [9.17, 15) is 10.1 Å². The zero-order valence-corrected chi connectivity index (χ0v) is 16.6. The van der Waals surface area contributed by atoms with Gasteiger partial charge in [-0.3, -0.25) is 4.79 Å². The second kappa shape index (κ2) is 8.83. The molecular weight excluding hydrogens is 360 g/mol. The zero-order chi connectivity index (χ0) is 20.1. The van der Waals surface area contributed by atoms with Crippen molar-refractivity contribution in [2.45, 2.75) is 32.1 Å². The van der Waals surface area contributed by atoms with E-state index in [4.69, 9.17) is 0 Å². The van der Waals surface area contributed by atoms with Crippen molar-refractivity contribution in [3.8, 4) is 6.07 Å². The minimum Gasteiger partial charge on any atom is -0.372 e. The van der Waals surface area contributed by atoms with E-state index in [0.717, 1.165) is 42.9 Å². The number of nitriles is 1. The monoisotopic (exact) mass is 386 g/mol. The lowest BCUT2D eigenvalue weighted by atomic mass is 10.0. The molecule has 1 saturated heterocycles. The molecule has 0 atom stereocenters. The predicted molar refractivity (Wildman–Crippen MR) is 117 cm³/mol. The Kier molecular flexibility index (Phi) is 5.81. The van der Waals surface area contributed by atoms with Gasteiger partial charge in [0.15, 0.2) is 0 Å². The molecule has 5 nitrogen and oxygen atoms in total. The number of carbonyl (C=O) groups is 1. The molecule has 0 spiro atoms. The average Bonchev–Trinajstić information content (AvgIpc) is 2.80. The Hall–Kier alpha value is -3.26. The standard InChI is InChI=1S/C24H26N4O/c25-17-20(24(29)28-16-6-8-19-7-2-3-9-23(19)28)18-26-21-10-12-22(13-11-21)27-14-4-1-5-15-27/h2-3,7,9-13,18,26H,1,4-6,8,14-16H2/b20-18-. The molecule has 29 heavy (non-hydrogen) atoms. The first-order valence-corrected chi connectivity index (χ1v) is 10.4. The minimum absolute atomic E-state index is 0.113. The van der Waals surface area contributed by atoms with Gasteiger partial charge in [0.05, 0.1) is 0 Å². The molecule has 2 aliphatic heterocycles. The number of carbonyl (C=O) groups excluding carboxylic acids is 1. The number of hydrogen-bond donors (Lipinski definition) is 1. The van der Waals surface area contributed by atoms with Crippen LogP contribution < -0.4 is 15.1 Å². The van der Waals surface area contributed by atoms with Gasteiger partial charge < -0.3 is 15.1 Å². The first-order valence-electron chi connectivity index (χ1n) is 10.4. The Morgan fingerprint density at radius 2 is 1.72 bits per heavy atom. The summed E-state index contributed by atoms with van der Waals surface area (Å²) >= 11 is 0. The molecule has 2 heterocycles. The van der Waals surface area contributed by atoms with E-state index < -0.39 is 0 Å². The molecule has 0 unspecified atom stereocenters. The van der Waals surface area contributed by atoms with Gasteiger partial charge in [-0.15, -0.1) is 0 Å². The van der Waals surface area contributed by atoms with Gasteiger partial charge in [0.25, 0.3) is 5.91 Å². The lowest BCUT2D eigenvalue weighted by Crippen LogP contribution is -2.36. The van der Waals surface area contributed by atoms with Crippen molar-refractivity contribution in [3.05, 3.63) is 65.9 Å². The summed E-state index contributed by atoms with van der Waals surface area (Å²) in [4.78, 5) is 17.1. The number of benzene rings is 2. The number of nitrogens with one attached hydrogen (secondary N) is 1. The molecule has 4 rings (SSSR count). The van der Waals surface area contributed by atoms with Crippen LogP contribution in [-0.2, 0) is 11.2 Å². The van der Waals surface area contributed by atoms with E-state index in [-0.39, 0.29) is 11.5 Å². The Labute approximate surface area is 172 Å². The SMILES string of the molecule is N#C/C(=C/Nc1ccc(N2CCCCC2)cc1)C(=O)N1CCCc2ccccc21. The molecule has 0 aliphatic carbocycles. The Bertz CT molecular complexity index is 936. The molecule has 148 valence electrons. The van der Waals surface area contributed by atoms with Crippen LogP contribution in [0, 0.1) is 11.3 Å². The average molecular weight is 386 g/mol. The molecule has 1 fully saturated rings. The summed E-state index contributed by atoms with van der Waals surface area (Å²) in [6.45, 7) is 2.85. The normalized spacial score (nSPS) is 16.7. The molecule has 0 bridgehead atoms. The zero-order valence-electron chi connectivity index (χ0n) is 16.6. The fourth-order valence-corrected chi connectivity index (χ4v) is 4.11. The Morgan fingerprint density at radius 1 is 0.966 bits per heavy atom. The maximum atomic E-state index is 13.0. The largest absolute Gasteiger partial charge is 0.372 e. The van der Waals surface area contributed by atoms with E-state index >= 15 is 0 Å². The maximum Gasteiger partial charge on any atom is 0.270 e. The van der Waals surface area contributed by atoms with Gasteiger partial charge in [0.1, 0.15) is 11.6 Å². The highest BCUT2D eigenvalue weighted by atomic mass is 16.2. The molecule has 2 aliphatic rings. The molecule has 0 aromatic heterocycles. The topological polar surface area (TPSA) is 59.4 Å². The predicted octanol–water partition coefficient (Wildman–Crippen LogP) is 4.48.